The van der Waals surface area contributed by atoms with Crippen molar-refractivity contribution in [1.29, 1.82) is 0 Å². The number of anilines is 1. The number of sulfonamides is 1. The highest BCUT2D eigenvalue weighted by Crippen LogP contribution is 2.19. The Labute approximate surface area is 112 Å². The van der Waals surface area contributed by atoms with Crippen molar-refractivity contribution in [2.45, 2.75) is 11.6 Å². The lowest BCUT2D eigenvalue weighted by atomic mass is 10.3. The van der Waals surface area contributed by atoms with Gasteiger partial charge in [-0.25, -0.2) is 26.7 Å². The molecule has 0 saturated carbocycles. The summed E-state index contributed by atoms with van der Waals surface area (Å²) in [6.45, 7) is -0.0555. The molecular formula is C11H9F3N2O3S. The second-order valence-corrected chi connectivity index (χ2v) is 5.37. The van der Waals surface area contributed by atoms with Gasteiger partial charge in [0, 0.05) is 17.8 Å². The van der Waals surface area contributed by atoms with E-state index in [1.165, 1.54) is 6.07 Å². The molecule has 0 saturated heterocycles. The SMILES string of the molecule is NS(=O)(=O)c1ccc(CNc2cc(F)c(F)c(F)c2)o1. The number of rotatable bonds is 4. The van der Waals surface area contributed by atoms with Gasteiger partial charge in [0.1, 0.15) is 5.76 Å². The molecule has 0 aliphatic rings. The molecule has 1 aromatic carbocycles. The lowest BCUT2D eigenvalue weighted by molar-refractivity contribution is 0.419. The number of halogens is 3. The van der Waals surface area contributed by atoms with Crippen LogP contribution in [0.15, 0.2) is 33.8 Å². The molecule has 0 radical (unpaired) electrons. The van der Waals surface area contributed by atoms with Crippen LogP contribution in [0.4, 0.5) is 18.9 Å². The quantitative estimate of drug-likeness (QED) is 0.846. The van der Waals surface area contributed by atoms with Crippen LogP contribution in [-0.4, -0.2) is 8.42 Å². The maximum absolute atomic E-state index is 13.0. The fourth-order valence-electron chi connectivity index (χ4n) is 1.45. The van der Waals surface area contributed by atoms with Crippen LogP contribution in [0.2, 0.25) is 0 Å². The predicted molar refractivity (Wildman–Crippen MR) is 63.7 cm³/mol. The molecule has 1 heterocycles. The average molecular weight is 306 g/mol. The Morgan fingerprint density at radius 3 is 2.25 bits per heavy atom. The van der Waals surface area contributed by atoms with Gasteiger partial charge in [0.2, 0.25) is 5.09 Å². The molecular weight excluding hydrogens is 297 g/mol. The topological polar surface area (TPSA) is 85.3 Å². The third-order valence-electron chi connectivity index (χ3n) is 2.37. The summed E-state index contributed by atoms with van der Waals surface area (Å²) < 4.78 is 65.5. The first kappa shape index (κ1) is 14.4. The van der Waals surface area contributed by atoms with Crippen LogP contribution >= 0.6 is 0 Å². The Morgan fingerprint density at radius 2 is 1.75 bits per heavy atom. The summed E-state index contributed by atoms with van der Waals surface area (Å²) in [6.07, 6.45) is 0. The number of benzene rings is 1. The Bertz CT molecular complexity index is 720. The molecule has 9 heteroatoms. The number of hydrogen-bond acceptors (Lipinski definition) is 4. The molecule has 0 unspecified atom stereocenters. The zero-order chi connectivity index (χ0) is 14.9. The Balaban J connectivity index is 2.11. The number of primary sulfonamides is 1. The van der Waals surface area contributed by atoms with Crippen LogP contribution in [0, 0.1) is 17.5 Å². The molecule has 0 atom stereocenters. The maximum Gasteiger partial charge on any atom is 0.271 e. The first-order valence-corrected chi connectivity index (χ1v) is 6.82. The number of nitrogens with one attached hydrogen (secondary N) is 1. The highest BCUT2D eigenvalue weighted by molar-refractivity contribution is 7.89. The van der Waals surface area contributed by atoms with Gasteiger partial charge in [0.05, 0.1) is 6.54 Å². The number of furan rings is 1. The van der Waals surface area contributed by atoms with Crippen molar-refractivity contribution in [2.75, 3.05) is 5.32 Å². The van der Waals surface area contributed by atoms with E-state index < -0.39 is 32.6 Å². The standard InChI is InChI=1S/C11H9F3N2O3S/c12-8-3-6(4-9(13)11(8)14)16-5-7-1-2-10(19-7)20(15,17)18/h1-4,16H,5H2,(H2,15,17,18). The second kappa shape index (κ2) is 5.17. The first-order chi connectivity index (χ1) is 9.27. The van der Waals surface area contributed by atoms with Gasteiger partial charge in [0.25, 0.3) is 10.0 Å². The summed E-state index contributed by atoms with van der Waals surface area (Å²) in [5.41, 5.74) is -0.0186. The van der Waals surface area contributed by atoms with Crippen LogP contribution in [0.5, 0.6) is 0 Å². The molecule has 3 N–H and O–H groups in total. The van der Waals surface area contributed by atoms with Crippen molar-refractivity contribution in [1.82, 2.24) is 0 Å². The zero-order valence-electron chi connectivity index (χ0n) is 9.86. The summed E-state index contributed by atoms with van der Waals surface area (Å²) in [5, 5.41) is 6.98. The van der Waals surface area contributed by atoms with Crippen molar-refractivity contribution in [2.24, 2.45) is 5.14 Å². The molecule has 0 aliphatic carbocycles. The summed E-state index contributed by atoms with van der Waals surface area (Å²) in [4.78, 5) is 0. The molecule has 0 amide bonds. The molecule has 1 aromatic heterocycles. The normalized spacial score (nSPS) is 11.6. The molecule has 2 aromatic rings. The van der Waals surface area contributed by atoms with E-state index >= 15 is 0 Å². The van der Waals surface area contributed by atoms with E-state index in [1.807, 2.05) is 0 Å². The van der Waals surface area contributed by atoms with E-state index in [4.69, 9.17) is 9.56 Å². The van der Waals surface area contributed by atoms with Gasteiger partial charge >= 0.3 is 0 Å². The van der Waals surface area contributed by atoms with Crippen LogP contribution in [0.1, 0.15) is 5.76 Å². The van der Waals surface area contributed by atoms with E-state index in [0.29, 0.717) is 0 Å². The van der Waals surface area contributed by atoms with Crippen LogP contribution in [0.25, 0.3) is 0 Å². The smallest absolute Gasteiger partial charge is 0.271 e. The molecule has 0 bridgehead atoms. The highest BCUT2D eigenvalue weighted by Gasteiger charge is 2.14. The maximum atomic E-state index is 13.0. The van der Waals surface area contributed by atoms with Gasteiger partial charge in [-0.3, -0.25) is 0 Å². The summed E-state index contributed by atoms with van der Waals surface area (Å²) in [7, 11) is -3.95. The minimum absolute atomic E-state index is 0.0186. The molecule has 2 rings (SSSR count). The lowest BCUT2D eigenvalue weighted by Crippen LogP contribution is -2.10. The van der Waals surface area contributed by atoms with Gasteiger partial charge in [-0.2, -0.15) is 0 Å². The fraction of sp³-hybridized carbons (Fsp3) is 0.0909. The summed E-state index contributed by atoms with van der Waals surface area (Å²) in [6, 6.07) is 4.02. The molecule has 108 valence electrons. The first-order valence-electron chi connectivity index (χ1n) is 5.27. The van der Waals surface area contributed by atoms with Crippen molar-refractivity contribution in [3.05, 3.63) is 47.5 Å². The summed E-state index contributed by atoms with van der Waals surface area (Å²) in [5.74, 6) is -4.06. The fourth-order valence-corrected chi connectivity index (χ4v) is 1.93. The van der Waals surface area contributed by atoms with Crippen molar-refractivity contribution >= 4 is 15.7 Å². The zero-order valence-corrected chi connectivity index (χ0v) is 10.7. The Morgan fingerprint density at radius 1 is 1.15 bits per heavy atom. The van der Waals surface area contributed by atoms with Gasteiger partial charge in [-0.05, 0) is 12.1 Å². The minimum atomic E-state index is -3.95. The summed E-state index contributed by atoms with van der Waals surface area (Å²) >= 11 is 0. The van der Waals surface area contributed by atoms with E-state index in [9.17, 15) is 21.6 Å². The monoisotopic (exact) mass is 306 g/mol. The Kier molecular flexibility index (Phi) is 3.73. The second-order valence-electron chi connectivity index (χ2n) is 3.87. The third-order valence-corrected chi connectivity index (χ3v) is 3.15. The molecule has 20 heavy (non-hydrogen) atoms. The van der Waals surface area contributed by atoms with Gasteiger partial charge in [-0.1, -0.05) is 0 Å². The average Bonchev–Trinajstić information content (AvgIpc) is 2.82. The van der Waals surface area contributed by atoms with E-state index in [2.05, 4.69) is 5.32 Å². The van der Waals surface area contributed by atoms with Gasteiger partial charge in [0.15, 0.2) is 17.5 Å². The number of hydrogen-bond donors (Lipinski definition) is 2. The van der Waals surface area contributed by atoms with E-state index in [-0.39, 0.29) is 18.0 Å². The minimum Gasteiger partial charge on any atom is -0.446 e. The van der Waals surface area contributed by atoms with E-state index in [0.717, 1.165) is 18.2 Å². The van der Waals surface area contributed by atoms with Crippen LogP contribution < -0.4 is 10.5 Å². The van der Waals surface area contributed by atoms with Crippen molar-refractivity contribution in [3.8, 4) is 0 Å². The molecule has 0 fully saturated rings. The van der Waals surface area contributed by atoms with Crippen LogP contribution in [0.3, 0.4) is 0 Å². The van der Waals surface area contributed by atoms with Crippen LogP contribution in [-0.2, 0) is 16.6 Å². The molecule has 5 nitrogen and oxygen atoms in total. The lowest BCUT2D eigenvalue weighted by Gasteiger charge is -2.05. The van der Waals surface area contributed by atoms with E-state index in [1.54, 1.807) is 0 Å². The van der Waals surface area contributed by atoms with Crippen molar-refractivity contribution in [3.63, 3.8) is 0 Å². The van der Waals surface area contributed by atoms with Gasteiger partial charge in [-0.15, -0.1) is 0 Å². The molecule has 0 spiro atoms. The predicted octanol–water partition coefficient (Wildman–Crippen LogP) is 1.96. The largest absolute Gasteiger partial charge is 0.446 e. The van der Waals surface area contributed by atoms with Crippen molar-refractivity contribution < 1.29 is 26.0 Å². The molecule has 0 aliphatic heterocycles. The Hall–Kier alpha value is -2.00. The highest BCUT2D eigenvalue weighted by atomic mass is 32.2. The number of nitrogens with two attached hydrogens (primary N) is 1. The third kappa shape index (κ3) is 3.11. The van der Waals surface area contributed by atoms with Gasteiger partial charge < -0.3 is 9.73 Å².